The summed E-state index contributed by atoms with van der Waals surface area (Å²) in [5.41, 5.74) is 0.462. The summed E-state index contributed by atoms with van der Waals surface area (Å²) < 4.78 is 79.2. The monoisotopic (exact) mass is 778 g/mol. The maximum absolute atomic E-state index is 14.4. The number of anilines is 1. The lowest BCUT2D eigenvalue weighted by molar-refractivity contribution is -0.303. The highest BCUT2D eigenvalue weighted by Gasteiger charge is 2.64. The average Bonchev–Trinajstić information content (AvgIpc) is 3.21. The number of allylic oxidation sites excluding steroid dienone is 1. The molecule has 288 valence electrons. The number of alkyl halides is 3. The second kappa shape index (κ2) is 14.4. The summed E-state index contributed by atoms with van der Waals surface area (Å²) in [5, 5.41) is 0.697. The molecule has 1 N–H and O–H groups in total. The van der Waals surface area contributed by atoms with E-state index in [0.717, 1.165) is 49.8 Å². The van der Waals surface area contributed by atoms with Gasteiger partial charge in [0.2, 0.25) is 0 Å². The van der Waals surface area contributed by atoms with Crippen LogP contribution < -0.4 is 14.4 Å². The second-order valence-corrected chi connectivity index (χ2v) is 17.9. The number of rotatable bonds is 3. The van der Waals surface area contributed by atoms with Gasteiger partial charge >= 0.3 is 12.2 Å². The average molecular weight is 779 g/mol. The van der Waals surface area contributed by atoms with Crippen molar-refractivity contribution in [1.29, 1.82) is 0 Å². The molecule has 3 aliphatic heterocycles. The number of urea groups is 1. The zero-order chi connectivity index (χ0) is 37.8. The number of aryl methyl sites for hydroxylation is 1. The van der Waals surface area contributed by atoms with Crippen molar-refractivity contribution in [3.05, 3.63) is 70.3 Å². The van der Waals surface area contributed by atoms with Crippen molar-refractivity contribution < 1.29 is 41.2 Å². The fraction of sp³-hybridized carbons (Fsp3) is 0.579. The Morgan fingerprint density at radius 3 is 2.62 bits per heavy atom. The van der Waals surface area contributed by atoms with E-state index in [1.165, 1.54) is 11.1 Å². The van der Waals surface area contributed by atoms with Gasteiger partial charge in [-0.15, -0.1) is 4.36 Å². The Kier molecular flexibility index (Phi) is 10.3. The van der Waals surface area contributed by atoms with Gasteiger partial charge in [-0.2, -0.15) is 13.2 Å². The van der Waals surface area contributed by atoms with E-state index in [1.54, 1.807) is 25.3 Å². The number of nitrogens with zero attached hydrogens (tertiary/aromatic N) is 3. The van der Waals surface area contributed by atoms with Crippen LogP contribution in [0.3, 0.4) is 0 Å². The van der Waals surface area contributed by atoms with Crippen molar-refractivity contribution >= 4 is 39.1 Å². The van der Waals surface area contributed by atoms with Gasteiger partial charge in [0.05, 0.1) is 37.2 Å². The topological polar surface area (TPSA) is 110 Å². The van der Waals surface area contributed by atoms with Gasteiger partial charge in [-0.1, -0.05) is 36.7 Å². The van der Waals surface area contributed by atoms with E-state index in [1.807, 2.05) is 31.2 Å². The van der Waals surface area contributed by atoms with Gasteiger partial charge in [0.15, 0.2) is 5.60 Å². The number of ether oxygens (including phenoxy) is 3. The van der Waals surface area contributed by atoms with E-state index in [0.29, 0.717) is 42.8 Å². The molecule has 0 aromatic heterocycles. The molecule has 2 aliphatic carbocycles. The first-order valence-corrected chi connectivity index (χ1v) is 20.2. The molecular weight excluding hydrogens is 733 g/mol. The molecule has 53 heavy (non-hydrogen) atoms. The Morgan fingerprint density at radius 2 is 1.92 bits per heavy atom. The number of methoxy groups -OCH3 is 2. The summed E-state index contributed by atoms with van der Waals surface area (Å²) >= 11 is 6.43. The molecule has 6 atom stereocenters. The first kappa shape index (κ1) is 38.0. The number of hydrogen-bond acceptors (Lipinski definition) is 7. The Morgan fingerprint density at radius 1 is 1.13 bits per heavy atom. The Labute approximate surface area is 313 Å². The molecule has 1 saturated carbocycles. The number of benzene rings is 2. The number of carbonyl (C=O) groups excluding carboxylic acids is 2. The number of halogens is 4. The summed E-state index contributed by atoms with van der Waals surface area (Å²) in [6, 6.07) is 10.1. The molecule has 3 heterocycles. The Hall–Kier alpha value is -3.33. The van der Waals surface area contributed by atoms with Gasteiger partial charge in [0, 0.05) is 43.3 Å². The van der Waals surface area contributed by atoms with Crippen LogP contribution in [0.2, 0.25) is 5.02 Å². The number of carbonyl (C=O) groups is 2. The first-order valence-electron chi connectivity index (χ1n) is 18.1. The van der Waals surface area contributed by atoms with Crippen molar-refractivity contribution in [2.24, 2.45) is 22.1 Å². The lowest BCUT2D eigenvalue weighted by atomic mass is 9.68. The van der Waals surface area contributed by atoms with Gasteiger partial charge in [-0.3, -0.25) is 9.52 Å². The molecule has 2 bridgehead atoms. The largest absolute Gasteiger partial charge is 0.490 e. The van der Waals surface area contributed by atoms with Crippen molar-refractivity contribution in [2.75, 3.05) is 57.7 Å². The molecule has 2 aromatic rings. The van der Waals surface area contributed by atoms with Crippen molar-refractivity contribution in [3.8, 4) is 5.75 Å². The van der Waals surface area contributed by atoms with Crippen LogP contribution in [-0.2, 0) is 31.2 Å². The van der Waals surface area contributed by atoms with Crippen LogP contribution in [0.1, 0.15) is 60.5 Å². The third-order valence-electron chi connectivity index (χ3n) is 11.8. The predicted octanol–water partition coefficient (Wildman–Crippen LogP) is 6.95. The summed E-state index contributed by atoms with van der Waals surface area (Å²) in [4.78, 5) is 30.3. The van der Waals surface area contributed by atoms with Gasteiger partial charge in [0.1, 0.15) is 15.7 Å². The first-order chi connectivity index (χ1) is 25.2. The minimum atomic E-state index is -4.71. The normalized spacial score (nSPS) is 31.8. The van der Waals surface area contributed by atoms with E-state index in [4.69, 9.17) is 25.8 Å². The summed E-state index contributed by atoms with van der Waals surface area (Å²) in [7, 11) is -1.17. The molecule has 15 heteroatoms. The van der Waals surface area contributed by atoms with Crippen LogP contribution in [0.25, 0.3) is 0 Å². The number of fused-ring (bicyclic) bond motifs is 4. The smallest absolute Gasteiger partial charge is 0.420 e. The molecule has 5 aliphatic rings. The molecule has 7 rings (SSSR count). The lowest BCUT2D eigenvalue weighted by Gasteiger charge is -2.49. The standard InChI is InChI=1S/C38H46ClF3N4O6S/c1-24-6-4-8-32(50-2)29-12-9-27(29)18-45-20-36(15-5-7-25-16-28(39)11-13-30(25)36)23-52-33-14-10-26(17-31(33)45)34(47)43-53(49,19-24)44-35(48)46-21-37(22-46,51-3)38(40,41)42/h4,8,10-11,13-14,16-17,24,27,29,32H,5-7,9,12,15,18-23H2,1-3H3,(H,43,44,47,48,49)/b8-4+/t24-,27-,29+,32-,36-,53-/m0/s1. The van der Waals surface area contributed by atoms with Crippen LogP contribution in [0.5, 0.6) is 5.75 Å². The third-order valence-corrected chi connectivity index (χ3v) is 14.1. The van der Waals surface area contributed by atoms with Crippen LogP contribution in [0.4, 0.5) is 23.7 Å². The fourth-order valence-corrected chi connectivity index (χ4v) is 10.8. The number of nitrogens with one attached hydrogen (secondary N) is 1. The lowest BCUT2D eigenvalue weighted by Crippen LogP contribution is -2.72. The third kappa shape index (κ3) is 7.28. The van der Waals surface area contributed by atoms with Gasteiger partial charge in [-0.05, 0) is 97.7 Å². The SMILES string of the molecule is CO[C@H]1/C=C/C[C@H](C)C[S@@](=O)(NC(=O)N2CC(OC)(C(F)(F)F)C2)=NC(=O)c2ccc3c(c2)N(C[C@@H]2CC[C@H]21)C[C@@]1(CCCc2cc(Cl)ccc21)CO3. The fourth-order valence-electron chi connectivity index (χ4n) is 8.71. The minimum absolute atomic E-state index is 0.147. The van der Waals surface area contributed by atoms with Crippen LogP contribution in [0, 0.1) is 17.8 Å². The van der Waals surface area contributed by atoms with Crippen LogP contribution >= 0.6 is 11.6 Å². The molecule has 1 saturated heterocycles. The van der Waals surface area contributed by atoms with E-state index in [9.17, 15) is 27.0 Å². The Bertz CT molecular complexity index is 1910. The van der Waals surface area contributed by atoms with E-state index in [2.05, 4.69) is 20.1 Å². The number of likely N-dealkylation sites (tertiary alicyclic amines) is 1. The molecule has 10 nitrogen and oxygen atoms in total. The summed E-state index contributed by atoms with van der Waals surface area (Å²) in [6.45, 7) is 2.05. The van der Waals surface area contributed by atoms with E-state index >= 15 is 0 Å². The summed E-state index contributed by atoms with van der Waals surface area (Å²) in [6.07, 6.45) is 4.44. The maximum atomic E-state index is 14.4. The number of hydrogen-bond donors (Lipinski definition) is 1. The molecule has 1 spiro atoms. The highest BCUT2D eigenvalue weighted by Crippen LogP contribution is 2.47. The van der Waals surface area contributed by atoms with Crippen LogP contribution in [0.15, 0.2) is 52.9 Å². The molecule has 2 fully saturated rings. The zero-order valence-electron chi connectivity index (χ0n) is 30.1. The van der Waals surface area contributed by atoms with Crippen molar-refractivity contribution in [3.63, 3.8) is 0 Å². The van der Waals surface area contributed by atoms with Gasteiger partial charge in [-0.25, -0.2) is 9.00 Å². The van der Waals surface area contributed by atoms with Crippen molar-refractivity contribution in [1.82, 2.24) is 9.62 Å². The Balaban J connectivity index is 1.26. The van der Waals surface area contributed by atoms with Crippen molar-refractivity contribution in [2.45, 2.75) is 68.7 Å². The minimum Gasteiger partial charge on any atom is -0.490 e. The molecule has 2 aromatic carbocycles. The van der Waals surface area contributed by atoms with Crippen LogP contribution in [-0.4, -0.2) is 91.7 Å². The molecule has 0 radical (unpaired) electrons. The number of amides is 3. The second-order valence-electron chi connectivity index (χ2n) is 15.4. The molecule has 3 amide bonds. The van der Waals surface area contributed by atoms with E-state index in [-0.39, 0.29) is 34.7 Å². The summed E-state index contributed by atoms with van der Waals surface area (Å²) in [5.74, 6) is -0.130. The maximum Gasteiger partial charge on any atom is 0.420 e. The zero-order valence-corrected chi connectivity index (χ0v) is 31.7. The van der Waals surface area contributed by atoms with Gasteiger partial charge in [0.25, 0.3) is 5.91 Å². The highest BCUT2D eigenvalue weighted by molar-refractivity contribution is 7.92. The quantitative estimate of drug-likeness (QED) is 0.336. The molecule has 0 unspecified atom stereocenters. The van der Waals surface area contributed by atoms with Gasteiger partial charge < -0.3 is 24.0 Å². The predicted molar refractivity (Wildman–Crippen MR) is 196 cm³/mol. The highest BCUT2D eigenvalue weighted by atomic mass is 35.5. The molecular formula is C38H46ClF3N4O6S. The van der Waals surface area contributed by atoms with E-state index < -0.39 is 46.7 Å².